The van der Waals surface area contributed by atoms with Crippen molar-refractivity contribution in [3.63, 3.8) is 0 Å². The third kappa shape index (κ3) is 1.56. The fourth-order valence-electron chi connectivity index (χ4n) is 1.59. The van der Waals surface area contributed by atoms with Crippen LogP contribution in [0, 0.1) is 5.82 Å². The lowest BCUT2D eigenvalue weighted by atomic mass is 10.0. The van der Waals surface area contributed by atoms with Crippen LogP contribution in [0.1, 0.15) is 10.4 Å². The third-order valence-electron chi connectivity index (χ3n) is 2.34. The summed E-state index contributed by atoms with van der Waals surface area (Å²) in [6, 6.07) is 9.75. The summed E-state index contributed by atoms with van der Waals surface area (Å²) >= 11 is 0. The first-order valence-electron chi connectivity index (χ1n) is 4.63. The van der Waals surface area contributed by atoms with Crippen LogP contribution in [-0.2, 0) is 0 Å². The molecule has 0 unspecified atom stereocenters. The summed E-state index contributed by atoms with van der Waals surface area (Å²) in [5, 5.41) is 3.64. The second-order valence-corrected chi connectivity index (χ2v) is 3.22. The second kappa shape index (κ2) is 3.69. The van der Waals surface area contributed by atoms with E-state index in [4.69, 9.17) is 0 Å². The molecule has 0 atom stereocenters. The topological polar surface area (TPSA) is 29.1 Å². The van der Waals surface area contributed by atoms with Gasteiger partial charge < -0.3 is 5.32 Å². The van der Waals surface area contributed by atoms with Crippen LogP contribution in [0.25, 0.3) is 10.8 Å². The fraction of sp³-hybridized carbons (Fsp3) is 0.0833. The lowest BCUT2D eigenvalue weighted by Gasteiger charge is -2.05. The molecule has 0 bridgehead atoms. The van der Waals surface area contributed by atoms with Crippen LogP contribution in [0.15, 0.2) is 36.4 Å². The molecule has 76 valence electrons. The minimum absolute atomic E-state index is 0.203. The van der Waals surface area contributed by atoms with E-state index in [0.29, 0.717) is 16.3 Å². The Morgan fingerprint density at radius 2 is 1.80 bits per heavy atom. The molecular weight excluding hydrogens is 193 g/mol. The van der Waals surface area contributed by atoms with Gasteiger partial charge in [0.15, 0.2) is 0 Å². The highest BCUT2D eigenvalue weighted by molar-refractivity contribution is 6.07. The van der Waals surface area contributed by atoms with Crippen LogP contribution in [0.4, 0.5) is 4.39 Å². The number of fused-ring (bicyclic) bond motifs is 1. The molecule has 0 aliphatic rings. The normalized spacial score (nSPS) is 10.3. The van der Waals surface area contributed by atoms with E-state index in [1.807, 2.05) is 0 Å². The maximum atomic E-state index is 13.4. The molecule has 0 radical (unpaired) electrons. The number of benzene rings is 2. The van der Waals surface area contributed by atoms with Gasteiger partial charge in [0.1, 0.15) is 5.82 Å². The standard InChI is InChI=1S/C12H10FNO/c1-14-12(15)10-6-7-11(13)9-5-3-2-4-8(9)10/h2-7H,1H3,(H,14,15). The van der Waals surface area contributed by atoms with Crippen LogP contribution in [0.2, 0.25) is 0 Å². The van der Waals surface area contributed by atoms with E-state index in [0.717, 1.165) is 0 Å². The molecule has 0 aromatic heterocycles. The molecule has 3 heteroatoms. The van der Waals surface area contributed by atoms with Crippen LogP contribution in [0.3, 0.4) is 0 Å². The van der Waals surface area contributed by atoms with Crippen LogP contribution >= 0.6 is 0 Å². The predicted octanol–water partition coefficient (Wildman–Crippen LogP) is 2.34. The molecule has 0 saturated heterocycles. The Labute approximate surface area is 86.7 Å². The first-order chi connectivity index (χ1) is 7.24. The van der Waals surface area contributed by atoms with Gasteiger partial charge in [-0.2, -0.15) is 0 Å². The summed E-state index contributed by atoms with van der Waals surface area (Å²) in [6.07, 6.45) is 0. The zero-order chi connectivity index (χ0) is 10.8. The van der Waals surface area contributed by atoms with E-state index in [9.17, 15) is 9.18 Å². The zero-order valence-electron chi connectivity index (χ0n) is 8.25. The van der Waals surface area contributed by atoms with Crippen molar-refractivity contribution >= 4 is 16.7 Å². The number of hydrogen-bond acceptors (Lipinski definition) is 1. The van der Waals surface area contributed by atoms with Crippen molar-refractivity contribution in [1.82, 2.24) is 5.32 Å². The quantitative estimate of drug-likeness (QED) is 0.757. The fourth-order valence-corrected chi connectivity index (χ4v) is 1.59. The zero-order valence-corrected chi connectivity index (χ0v) is 8.25. The van der Waals surface area contributed by atoms with Gasteiger partial charge in [0.2, 0.25) is 0 Å². The van der Waals surface area contributed by atoms with Crippen molar-refractivity contribution in [2.75, 3.05) is 7.05 Å². The number of rotatable bonds is 1. The molecule has 0 heterocycles. The van der Waals surface area contributed by atoms with E-state index < -0.39 is 0 Å². The second-order valence-electron chi connectivity index (χ2n) is 3.22. The van der Waals surface area contributed by atoms with E-state index in [1.165, 1.54) is 12.1 Å². The molecule has 2 rings (SSSR count). The summed E-state index contributed by atoms with van der Waals surface area (Å²) in [5.41, 5.74) is 0.495. The highest BCUT2D eigenvalue weighted by atomic mass is 19.1. The van der Waals surface area contributed by atoms with Crippen molar-refractivity contribution in [3.05, 3.63) is 47.8 Å². The number of halogens is 1. The molecule has 0 spiro atoms. The molecule has 1 amide bonds. The van der Waals surface area contributed by atoms with Crippen molar-refractivity contribution < 1.29 is 9.18 Å². The smallest absolute Gasteiger partial charge is 0.251 e. The number of carbonyl (C=O) groups is 1. The van der Waals surface area contributed by atoms with Crippen molar-refractivity contribution in [3.8, 4) is 0 Å². The maximum Gasteiger partial charge on any atom is 0.251 e. The van der Waals surface area contributed by atoms with Crippen molar-refractivity contribution in [1.29, 1.82) is 0 Å². The van der Waals surface area contributed by atoms with Gasteiger partial charge in [-0.1, -0.05) is 24.3 Å². The lowest BCUT2D eigenvalue weighted by molar-refractivity contribution is 0.0964. The van der Waals surface area contributed by atoms with Crippen LogP contribution < -0.4 is 5.32 Å². The largest absolute Gasteiger partial charge is 0.355 e. The molecule has 2 nitrogen and oxygen atoms in total. The van der Waals surface area contributed by atoms with Crippen molar-refractivity contribution in [2.45, 2.75) is 0 Å². The molecule has 15 heavy (non-hydrogen) atoms. The van der Waals surface area contributed by atoms with Crippen molar-refractivity contribution in [2.24, 2.45) is 0 Å². The SMILES string of the molecule is CNC(=O)c1ccc(F)c2ccccc12. The summed E-state index contributed by atoms with van der Waals surface area (Å²) in [6.45, 7) is 0. The van der Waals surface area contributed by atoms with Crippen LogP contribution in [0.5, 0.6) is 0 Å². The molecule has 1 N–H and O–H groups in total. The molecule has 2 aromatic rings. The molecule has 0 aliphatic carbocycles. The minimum Gasteiger partial charge on any atom is -0.355 e. The van der Waals surface area contributed by atoms with Gasteiger partial charge in [-0.15, -0.1) is 0 Å². The van der Waals surface area contributed by atoms with Gasteiger partial charge in [-0.3, -0.25) is 4.79 Å². The van der Waals surface area contributed by atoms with Gasteiger partial charge in [0.25, 0.3) is 5.91 Å². The highest BCUT2D eigenvalue weighted by Crippen LogP contribution is 2.21. The highest BCUT2D eigenvalue weighted by Gasteiger charge is 2.10. The molecule has 2 aromatic carbocycles. The number of amides is 1. The summed E-state index contributed by atoms with van der Waals surface area (Å²) in [4.78, 5) is 11.5. The molecule has 0 fully saturated rings. The Morgan fingerprint density at radius 3 is 2.47 bits per heavy atom. The van der Waals surface area contributed by atoms with E-state index in [1.54, 1.807) is 31.3 Å². The van der Waals surface area contributed by atoms with E-state index in [2.05, 4.69) is 5.32 Å². The van der Waals surface area contributed by atoms with E-state index in [-0.39, 0.29) is 11.7 Å². The number of carbonyl (C=O) groups excluding carboxylic acids is 1. The predicted molar refractivity (Wildman–Crippen MR) is 57.3 cm³/mol. The molecule has 0 saturated carbocycles. The number of nitrogens with one attached hydrogen (secondary N) is 1. The van der Waals surface area contributed by atoms with Gasteiger partial charge in [0, 0.05) is 18.0 Å². The molecular formula is C12H10FNO. The average Bonchev–Trinajstić information content (AvgIpc) is 2.29. The average molecular weight is 203 g/mol. The summed E-state index contributed by atoms with van der Waals surface area (Å²) in [5.74, 6) is -0.510. The maximum absolute atomic E-state index is 13.4. The van der Waals surface area contributed by atoms with Gasteiger partial charge in [0.05, 0.1) is 0 Å². The Hall–Kier alpha value is -1.90. The first kappa shape index (κ1) is 9.65. The third-order valence-corrected chi connectivity index (χ3v) is 2.34. The number of hydrogen-bond donors (Lipinski definition) is 1. The lowest BCUT2D eigenvalue weighted by Crippen LogP contribution is -2.18. The molecule has 0 aliphatic heterocycles. The monoisotopic (exact) mass is 203 g/mol. The Kier molecular flexibility index (Phi) is 2.37. The van der Waals surface area contributed by atoms with E-state index >= 15 is 0 Å². The Bertz CT molecular complexity index is 522. The minimum atomic E-state index is -0.307. The van der Waals surface area contributed by atoms with Crippen LogP contribution in [-0.4, -0.2) is 13.0 Å². The Morgan fingerprint density at radius 1 is 1.13 bits per heavy atom. The van der Waals surface area contributed by atoms with Gasteiger partial charge in [-0.25, -0.2) is 4.39 Å². The summed E-state index contributed by atoms with van der Waals surface area (Å²) in [7, 11) is 1.56. The van der Waals surface area contributed by atoms with Gasteiger partial charge in [-0.05, 0) is 17.5 Å². The Balaban J connectivity index is 2.77. The summed E-state index contributed by atoms with van der Waals surface area (Å²) < 4.78 is 13.4. The first-order valence-corrected chi connectivity index (χ1v) is 4.63. The van der Waals surface area contributed by atoms with Gasteiger partial charge >= 0.3 is 0 Å².